The van der Waals surface area contributed by atoms with E-state index in [4.69, 9.17) is 5.73 Å². The second-order valence-electron chi connectivity index (χ2n) is 3.33. The summed E-state index contributed by atoms with van der Waals surface area (Å²) in [7, 11) is -3.53. The van der Waals surface area contributed by atoms with E-state index in [1.807, 2.05) is 0 Å². The van der Waals surface area contributed by atoms with Crippen LogP contribution in [0.25, 0.3) is 0 Å². The van der Waals surface area contributed by atoms with Crippen LogP contribution in [-0.2, 0) is 16.6 Å². The van der Waals surface area contributed by atoms with Gasteiger partial charge in [0.2, 0.25) is 0 Å². The SMILES string of the molecule is NCc1csc(S(=O)(=O)Nc2cccnc2)c1. The standard InChI is InChI=1S/C10H11N3O2S2/c11-5-8-4-10(16-7-8)17(14,15)13-9-2-1-3-12-6-9/h1-4,6-7,13H,5,11H2. The van der Waals surface area contributed by atoms with Gasteiger partial charge in [0, 0.05) is 12.7 Å². The molecule has 0 unspecified atom stereocenters. The van der Waals surface area contributed by atoms with Gasteiger partial charge in [-0.2, -0.15) is 0 Å². The maximum Gasteiger partial charge on any atom is 0.271 e. The highest BCUT2D eigenvalue weighted by molar-refractivity contribution is 7.94. The normalized spacial score (nSPS) is 11.4. The number of hydrogen-bond acceptors (Lipinski definition) is 5. The molecule has 0 atom stereocenters. The summed E-state index contributed by atoms with van der Waals surface area (Å²) in [6.45, 7) is 0.332. The van der Waals surface area contributed by atoms with Crippen LogP contribution in [-0.4, -0.2) is 13.4 Å². The summed E-state index contributed by atoms with van der Waals surface area (Å²) in [6, 6.07) is 4.88. The van der Waals surface area contributed by atoms with E-state index in [0.29, 0.717) is 12.2 Å². The highest BCUT2D eigenvalue weighted by Crippen LogP contribution is 2.22. The Hall–Kier alpha value is -1.44. The quantitative estimate of drug-likeness (QED) is 0.878. The number of hydrogen-bond donors (Lipinski definition) is 2. The molecule has 0 aliphatic rings. The molecule has 0 fully saturated rings. The first kappa shape index (κ1) is 12.0. The molecule has 3 N–H and O–H groups in total. The van der Waals surface area contributed by atoms with Crippen molar-refractivity contribution in [3.05, 3.63) is 41.5 Å². The van der Waals surface area contributed by atoms with Gasteiger partial charge in [-0.25, -0.2) is 8.42 Å². The molecule has 5 nitrogen and oxygen atoms in total. The molecular formula is C10H11N3O2S2. The van der Waals surface area contributed by atoms with Crippen molar-refractivity contribution in [2.24, 2.45) is 5.73 Å². The molecule has 2 rings (SSSR count). The third kappa shape index (κ3) is 2.82. The second kappa shape index (κ2) is 4.82. The van der Waals surface area contributed by atoms with Gasteiger partial charge >= 0.3 is 0 Å². The van der Waals surface area contributed by atoms with Crippen molar-refractivity contribution in [3.63, 3.8) is 0 Å². The lowest BCUT2D eigenvalue weighted by Gasteiger charge is -2.04. The number of nitrogens with one attached hydrogen (secondary N) is 1. The lowest BCUT2D eigenvalue weighted by Crippen LogP contribution is -2.11. The van der Waals surface area contributed by atoms with Crippen LogP contribution in [0, 0.1) is 0 Å². The van der Waals surface area contributed by atoms with Crippen LogP contribution in [0.5, 0.6) is 0 Å². The number of pyridine rings is 1. The van der Waals surface area contributed by atoms with E-state index in [-0.39, 0.29) is 4.21 Å². The van der Waals surface area contributed by atoms with Gasteiger partial charge in [-0.3, -0.25) is 9.71 Å². The first-order chi connectivity index (χ1) is 8.12. The fourth-order valence-electron chi connectivity index (χ4n) is 1.23. The topological polar surface area (TPSA) is 85.1 Å². The van der Waals surface area contributed by atoms with Gasteiger partial charge < -0.3 is 5.73 Å². The molecule has 0 radical (unpaired) electrons. The van der Waals surface area contributed by atoms with Crippen LogP contribution in [0.2, 0.25) is 0 Å². The van der Waals surface area contributed by atoms with E-state index in [0.717, 1.165) is 16.9 Å². The van der Waals surface area contributed by atoms with Crippen molar-refractivity contribution >= 4 is 27.0 Å². The van der Waals surface area contributed by atoms with Crippen LogP contribution < -0.4 is 10.5 Å². The maximum absolute atomic E-state index is 12.0. The van der Waals surface area contributed by atoms with Crippen LogP contribution in [0.3, 0.4) is 0 Å². The van der Waals surface area contributed by atoms with Crippen LogP contribution in [0.4, 0.5) is 5.69 Å². The Labute approximate surface area is 103 Å². The Balaban J connectivity index is 2.25. The number of sulfonamides is 1. The lowest BCUT2D eigenvalue weighted by molar-refractivity contribution is 0.603. The van der Waals surface area contributed by atoms with Crippen molar-refractivity contribution in [2.75, 3.05) is 4.72 Å². The smallest absolute Gasteiger partial charge is 0.271 e. The molecule has 2 aromatic heterocycles. The van der Waals surface area contributed by atoms with Gasteiger partial charge in [-0.05, 0) is 29.1 Å². The average molecular weight is 269 g/mol. The van der Waals surface area contributed by atoms with E-state index < -0.39 is 10.0 Å². The van der Waals surface area contributed by atoms with Gasteiger partial charge in [0.15, 0.2) is 0 Å². The van der Waals surface area contributed by atoms with Gasteiger partial charge in [-0.15, -0.1) is 11.3 Å². The van der Waals surface area contributed by atoms with E-state index in [1.54, 1.807) is 29.8 Å². The fourth-order valence-corrected chi connectivity index (χ4v) is 3.50. The Morgan fingerprint density at radius 3 is 2.88 bits per heavy atom. The molecule has 0 saturated heterocycles. The molecule has 7 heteroatoms. The summed E-state index contributed by atoms with van der Waals surface area (Å²) < 4.78 is 26.6. The van der Waals surface area contributed by atoms with Gasteiger partial charge in [0.05, 0.1) is 11.9 Å². The molecule has 0 aliphatic heterocycles. The minimum Gasteiger partial charge on any atom is -0.326 e. The average Bonchev–Trinajstić information content (AvgIpc) is 2.79. The highest BCUT2D eigenvalue weighted by Gasteiger charge is 2.16. The van der Waals surface area contributed by atoms with E-state index >= 15 is 0 Å². The molecule has 2 aromatic rings. The fraction of sp³-hybridized carbons (Fsp3) is 0.100. The van der Waals surface area contributed by atoms with Crippen molar-refractivity contribution < 1.29 is 8.42 Å². The first-order valence-electron chi connectivity index (χ1n) is 4.82. The minimum absolute atomic E-state index is 0.252. The molecule has 0 spiro atoms. The number of rotatable bonds is 4. The zero-order chi connectivity index (χ0) is 12.3. The Kier molecular flexibility index (Phi) is 3.41. The molecule has 0 aliphatic carbocycles. The Bertz CT molecular complexity index is 593. The predicted molar refractivity (Wildman–Crippen MR) is 67.3 cm³/mol. The zero-order valence-corrected chi connectivity index (χ0v) is 10.5. The molecular weight excluding hydrogens is 258 g/mol. The third-order valence-electron chi connectivity index (χ3n) is 2.04. The molecule has 0 bridgehead atoms. The monoisotopic (exact) mass is 269 g/mol. The van der Waals surface area contributed by atoms with E-state index in [2.05, 4.69) is 9.71 Å². The predicted octanol–water partition coefficient (Wildman–Crippen LogP) is 1.40. The summed E-state index contributed by atoms with van der Waals surface area (Å²) in [6.07, 6.45) is 3.03. The van der Waals surface area contributed by atoms with Crippen molar-refractivity contribution in [3.8, 4) is 0 Å². The van der Waals surface area contributed by atoms with Crippen LogP contribution >= 0.6 is 11.3 Å². The molecule has 0 aromatic carbocycles. The molecule has 2 heterocycles. The van der Waals surface area contributed by atoms with Crippen molar-refractivity contribution in [1.82, 2.24) is 4.98 Å². The zero-order valence-electron chi connectivity index (χ0n) is 8.83. The van der Waals surface area contributed by atoms with Gasteiger partial charge in [-0.1, -0.05) is 0 Å². The number of nitrogens with two attached hydrogens (primary N) is 1. The first-order valence-corrected chi connectivity index (χ1v) is 7.18. The second-order valence-corrected chi connectivity index (χ2v) is 6.15. The number of aromatic nitrogens is 1. The van der Waals surface area contributed by atoms with E-state index in [9.17, 15) is 8.42 Å². The maximum atomic E-state index is 12.0. The number of thiophene rings is 1. The van der Waals surface area contributed by atoms with Crippen LogP contribution in [0.1, 0.15) is 5.56 Å². The molecule has 90 valence electrons. The number of nitrogens with zero attached hydrogens (tertiary/aromatic N) is 1. The highest BCUT2D eigenvalue weighted by atomic mass is 32.2. The van der Waals surface area contributed by atoms with Gasteiger partial charge in [0.1, 0.15) is 4.21 Å². The Morgan fingerprint density at radius 2 is 2.29 bits per heavy atom. The summed E-state index contributed by atoms with van der Waals surface area (Å²) in [5.41, 5.74) is 6.69. The van der Waals surface area contributed by atoms with Crippen LogP contribution in [0.15, 0.2) is 40.2 Å². The molecule has 0 saturated carbocycles. The Morgan fingerprint density at radius 1 is 1.47 bits per heavy atom. The minimum atomic E-state index is -3.53. The summed E-state index contributed by atoms with van der Waals surface area (Å²) >= 11 is 1.15. The lowest BCUT2D eigenvalue weighted by atomic mass is 10.4. The largest absolute Gasteiger partial charge is 0.326 e. The van der Waals surface area contributed by atoms with Gasteiger partial charge in [0.25, 0.3) is 10.0 Å². The van der Waals surface area contributed by atoms with Crippen molar-refractivity contribution in [2.45, 2.75) is 10.8 Å². The summed E-state index contributed by atoms with van der Waals surface area (Å²) in [5.74, 6) is 0. The van der Waals surface area contributed by atoms with E-state index in [1.165, 1.54) is 6.20 Å². The number of anilines is 1. The molecule has 0 amide bonds. The van der Waals surface area contributed by atoms with Crippen molar-refractivity contribution in [1.29, 1.82) is 0 Å². The summed E-state index contributed by atoms with van der Waals surface area (Å²) in [5, 5.41) is 1.73. The summed E-state index contributed by atoms with van der Waals surface area (Å²) in [4.78, 5) is 3.84. The third-order valence-corrected chi connectivity index (χ3v) is 4.91. The molecule has 17 heavy (non-hydrogen) atoms.